The van der Waals surface area contributed by atoms with E-state index in [-0.39, 0.29) is 24.3 Å². The fourth-order valence-electron chi connectivity index (χ4n) is 1.18. The minimum Gasteiger partial charge on any atom is -0.488 e. The fourth-order valence-corrected chi connectivity index (χ4v) is 1.18. The molecule has 0 spiro atoms. The molecule has 2 nitrogen and oxygen atoms in total. The number of ether oxygens (including phenoxy) is 1. The van der Waals surface area contributed by atoms with Crippen molar-refractivity contribution in [3.05, 3.63) is 29.1 Å². The highest BCUT2D eigenvalue weighted by Gasteiger charge is 2.13. The molecule has 0 aromatic heterocycles. The van der Waals surface area contributed by atoms with Crippen LogP contribution in [0, 0.1) is 12.7 Å². The van der Waals surface area contributed by atoms with Crippen LogP contribution in [-0.2, 0) is 6.61 Å². The molecule has 0 amide bonds. The normalized spacial score (nSPS) is 10.7. The van der Waals surface area contributed by atoms with E-state index in [1.807, 2.05) is 13.8 Å². The minimum atomic E-state index is -0.384. The van der Waals surface area contributed by atoms with Crippen molar-refractivity contribution in [2.75, 3.05) is 0 Å². The van der Waals surface area contributed by atoms with Crippen molar-refractivity contribution in [1.82, 2.24) is 0 Å². The molecule has 0 unspecified atom stereocenters. The molecule has 1 N–H and O–H groups in total. The summed E-state index contributed by atoms with van der Waals surface area (Å²) in [6.45, 7) is 5.11. The second-order valence-electron chi connectivity index (χ2n) is 3.51. The van der Waals surface area contributed by atoms with E-state index in [1.165, 1.54) is 0 Å². The summed E-state index contributed by atoms with van der Waals surface area (Å²) in [5, 5.41) is 9.00. The van der Waals surface area contributed by atoms with E-state index in [0.717, 1.165) is 0 Å². The molecule has 1 rings (SSSR count). The number of aliphatic hydroxyl groups is 1. The molecule has 0 heterocycles. The molecule has 0 saturated carbocycles. The predicted molar refractivity (Wildman–Crippen MR) is 52.8 cm³/mol. The van der Waals surface area contributed by atoms with Gasteiger partial charge in [-0.2, -0.15) is 0 Å². The third kappa shape index (κ3) is 2.23. The van der Waals surface area contributed by atoms with Gasteiger partial charge >= 0.3 is 0 Å². The van der Waals surface area contributed by atoms with Crippen molar-refractivity contribution in [3.8, 4) is 5.75 Å². The highest BCUT2D eigenvalue weighted by atomic mass is 19.1. The summed E-state index contributed by atoms with van der Waals surface area (Å²) in [4.78, 5) is 0. The van der Waals surface area contributed by atoms with Gasteiger partial charge in [0.15, 0.2) is 11.6 Å². The largest absolute Gasteiger partial charge is 0.488 e. The maximum absolute atomic E-state index is 13.6. The Labute approximate surface area is 83.3 Å². The van der Waals surface area contributed by atoms with Crippen molar-refractivity contribution in [2.24, 2.45) is 0 Å². The fraction of sp³-hybridized carbons (Fsp3) is 0.455. The van der Waals surface area contributed by atoms with E-state index in [1.54, 1.807) is 19.1 Å². The zero-order chi connectivity index (χ0) is 10.7. The molecule has 3 heteroatoms. The van der Waals surface area contributed by atoms with E-state index >= 15 is 0 Å². The van der Waals surface area contributed by atoms with E-state index in [0.29, 0.717) is 11.1 Å². The number of benzene rings is 1. The molecule has 0 radical (unpaired) electrons. The van der Waals surface area contributed by atoms with Crippen LogP contribution in [0.5, 0.6) is 5.75 Å². The Morgan fingerprint density at radius 1 is 1.43 bits per heavy atom. The van der Waals surface area contributed by atoms with Crippen LogP contribution >= 0.6 is 0 Å². The number of hydrogen-bond donors (Lipinski definition) is 1. The minimum absolute atomic E-state index is 0.100. The molecule has 78 valence electrons. The molecule has 0 bridgehead atoms. The van der Waals surface area contributed by atoms with E-state index < -0.39 is 0 Å². The lowest BCUT2D eigenvalue weighted by atomic mass is 10.1. The van der Waals surface area contributed by atoms with Crippen molar-refractivity contribution >= 4 is 0 Å². The summed E-state index contributed by atoms with van der Waals surface area (Å²) in [5.74, 6) is -0.215. The van der Waals surface area contributed by atoms with Crippen molar-refractivity contribution in [1.29, 1.82) is 0 Å². The van der Waals surface area contributed by atoms with Crippen LogP contribution in [0.3, 0.4) is 0 Å². The Bertz CT molecular complexity index is 321. The standard InChI is InChI=1S/C11H15FO2/c1-7(2)14-11-9(6-13)5-4-8(3)10(11)12/h4-5,7,13H,6H2,1-3H3. The van der Waals surface area contributed by atoms with Crippen LogP contribution in [0.4, 0.5) is 4.39 Å². The molecule has 0 fully saturated rings. The summed E-state index contributed by atoms with van der Waals surface area (Å²) >= 11 is 0. The lowest BCUT2D eigenvalue weighted by molar-refractivity contribution is 0.215. The highest BCUT2D eigenvalue weighted by Crippen LogP contribution is 2.26. The molecular formula is C11H15FO2. The zero-order valence-electron chi connectivity index (χ0n) is 8.67. The van der Waals surface area contributed by atoms with Crippen LogP contribution < -0.4 is 4.74 Å². The van der Waals surface area contributed by atoms with Gasteiger partial charge in [-0.05, 0) is 26.3 Å². The van der Waals surface area contributed by atoms with Gasteiger partial charge in [0.2, 0.25) is 0 Å². The van der Waals surface area contributed by atoms with E-state index in [4.69, 9.17) is 9.84 Å². The Morgan fingerprint density at radius 3 is 2.57 bits per heavy atom. The molecule has 0 aliphatic carbocycles. The number of aryl methyl sites for hydroxylation is 1. The quantitative estimate of drug-likeness (QED) is 0.808. The summed E-state index contributed by atoms with van der Waals surface area (Å²) in [5.41, 5.74) is 1.01. The van der Waals surface area contributed by atoms with Crippen molar-refractivity contribution in [2.45, 2.75) is 33.5 Å². The Morgan fingerprint density at radius 2 is 2.07 bits per heavy atom. The van der Waals surface area contributed by atoms with E-state index in [9.17, 15) is 4.39 Å². The first-order valence-electron chi connectivity index (χ1n) is 4.61. The first kappa shape index (κ1) is 11.0. The van der Waals surface area contributed by atoms with Crippen LogP contribution in [0.25, 0.3) is 0 Å². The van der Waals surface area contributed by atoms with Crippen LogP contribution in [0.2, 0.25) is 0 Å². The van der Waals surface area contributed by atoms with E-state index in [2.05, 4.69) is 0 Å². The highest BCUT2D eigenvalue weighted by molar-refractivity contribution is 5.38. The molecular weight excluding hydrogens is 183 g/mol. The summed E-state index contributed by atoms with van der Waals surface area (Å²) < 4.78 is 18.9. The van der Waals surface area contributed by atoms with Crippen LogP contribution in [0.1, 0.15) is 25.0 Å². The molecule has 0 atom stereocenters. The van der Waals surface area contributed by atoms with Gasteiger partial charge in [0.05, 0.1) is 12.7 Å². The smallest absolute Gasteiger partial charge is 0.168 e. The molecule has 0 aliphatic rings. The Hall–Kier alpha value is -1.09. The zero-order valence-corrected chi connectivity index (χ0v) is 8.67. The maximum Gasteiger partial charge on any atom is 0.168 e. The second-order valence-corrected chi connectivity index (χ2v) is 3.51. The number of rotatable bonds is 3. The summed E-state index contributed by atoms with van der Waals surface area (Å²) in [7, 11) is 0. The van der Waals surface area contributed by atoms with Crippen molar-refractivity contribution < 1.29 is 14.2 Å². The predicted octanol–water partition coefficient (Wildman–Crippen LogP) is 2.41. The molecule has 0 aliphatic heterocycles. The number of aliphatic hydroxyl groups excluding tert-OH is 1. The van der Waals surface area contributed by atoms with Gasteiger partial charge in [0.25, 0.3) is 0 Å². The first-order chi connectivity index (χ1) is 6.56. The first-order valence-corrected chi connectivity index (χ1v) is 4.61. The summed E-state index contributed by atoms with van der Waals surface area (Å²) in [6, 6.07) is 3.31. The summed E-state index contributed by atoms with van der Waals surface area (Å²) in [6.07, 6.45) is -0.100. The Balaban J connectivity index is 3.14. The topological polar surface area (TPSA) is 29.5 Å². The molecule has 14 heavy (non-hydrogen) atoms. The maximum atomic E-state index is 13.6. The van der Waals surface area contributed by atoms with Crippen molar-refractivity contribution in [3.63, 3.8) is 0 Å². The lowest BCUT2D eigenvalue weighted by Gasteiger charge is -2.15. The monoisotopic (exact) mass is 198 g/mol. The third-order valence-electron chi connectivity index (χ3n) is 1.90. The molecule has 1 aromatic carbocycles. The number of hydrogen-bond acceptors (Lipinski definition) is 2. The van der Waals surface area contributed by atoms with Gasteiger partial charge in [-0.1, -0.05) is 12.1 Å². The van der Waals surface area contributed by atoms with Gasteiger partial charge in [0, 0.05) is 5.56 Å². The van der Waals surface area contributed by atoms with Crippen LogP contribution in [-0.4, -0.2) is 11.2 Å². The second kappa shape index (κ2) is 4.42. The average molecular weight is 198 g/mol. The lowest BCUT2D eigenvalue weighted by Crippen LogP contribution is -2.09. The average Bonchev–Trinajstić information content (AvgIpc) is 2.13. The van der Waals surface area contributed by atoms with Gasteiger partial charge < -0.3 is 9.84 Å². The molecule has 0 saturated heterocycles. The third-order valence-corrected chi connectivity index (χ3v) is 1.90. The van der Waals surface area contributed by atoms with Gasteiger partial charge in [-0.15, -0.1) is 0 Å². The number of halogens is 1. The van der Waals surface area contributed by atoms with Gasteiger partial charge in [0.1, 0.15) is 0 Å². The van der Waals surface area contributed by atoms with Gasteiger partial charge in [-0.25, -0.2) is 4.39 Å². The SMILES string of the molecule is Cc1ccc(CO)c(OC(C)C)c1F. The Kier molecular flexibility index (Phi) is 3.47. The van der Waals surface area contributed by atoms with Crippen LogP contribution in [0.15, 0.2) is 12.1 Å². The van der Waals surface area contributed by atoms with Gasteiger partial charge in [-0.3, -0.25) is 0 Å². The molecule has 1 aromatic rings.